The first-order valence-electron chi connectivity index (χ1n) is 5.40. The minimum Gasteiger partial charge on any atom is -0.0623 e. The van der Waals surface area contributed by atoms with Crippen LogP contribution in [-0.2, 0) is 0 Å². The molecule has 2 aliphatic carbocycles. The van der Waals surface area contributed by atoms with E-state index in [1.807, 2.05) is 42.5 Å². The Hall–Kier alpha value is -2.08. The Balaban J connectivity index is 0.000000138. The third-order valence-electron chi connectivity index (χ3n) is 2.33. The van der Waals surface area contributed by atoms with Gasteiger partial charge in [-0.05, 0) is 11.1 Å². The Morgan fingerprint density at radius 2 is 0.625 bits per heavy atom. The topological polar surface area (TPSA) is 0 Å². The lowest BCUT2D eigenvalue weighted by atomic mass is 10.2. The quantitative estimate of drug-likeness (QED) is 0.509. The Morgan fingerprint density at radius 1 is 0.312 bits per heavy atom. The molecule has 0 radical (unpaired) electrons. The maximum absolute atomic E-state index is 2.12. The summed E-state index contributed by atoms with van der Waals surface area (Å²) in [5.41, 5.74) is 2.62. The lowest BCUT2D eigenvalue weighted by molar-refractivity contribution is 1.72. The highest BCUT2D eigenvalue weighted by atomic mass is 14.0. The Kier molecular flexibility index (Phi) is 3.73. The van der Waals surface area contributed by atoms with Gasteiger partial charge in [0.25, 0.3) is 0 Å². The molecule has 0 nitrogen and oxygen atoms in total. The molecule has 0 heteroatoms. The standard InChI is InChI=1S/C10H8.C6H6/c1-2-5-9-7-4-8-10(9)6-3-1;1-2-4-6-5-3-1/h1-8H;1-6H. The van der Waals surface area contributed by atoms with Crippen LogP contribution >= 0.6 is 0 Å². The first-order valence-corrected chi connectivity index (χ1v) is 5.40. The van der Waals surface area contributed by atoms with Crippen molar-refractivity contribution in [2.45, 2.75) is 0 Å². The highest BCUT2D eigenvalue weighted by Crippen LogP contribution is 2.19. The van der Waals surface area contributed by atoms with Crippen LogP contribution in [-0.4, -0.2) is 0 Å². The fraction of sp³-hybridized carbons (Fsp3) is 0. The maximum Gasteiger partial charge on any atom is -0.0184 e. The number of benzene rings is 1. The zero-order valence-electron chi connectivity index (χ0n) is 9.08. The Morgan fingerprint density at radius 3 is 1.06 bits per heavy atom. The number of hydrogen-bond donors (Lipinski definition) is 0. The average molecular weight is 206 g/mol. The van der Waals surface area contributed by atoms with E-state index in [9.17, 15) is 0 Å². The van der Waals surface area contributed by atoms with Crippen LogP contribution < -0.4 is 0 Å². The van der Waals surface area contributed by atoms with Gasteiger partial charge in [0.05, 0.1) is 0 Å². The second-order valence-corrected chi connectivity index (χ2v) is 3.50. The number of fused-ring (bicyclic) bond motifs is 1. The molecule has 0 saturated carbocycles. The Bertz CT molecular complexity index is 431. The summed E-state index contributed by atoms with van der Waals surface area (Å²) < 4.78 is 0. The fourth-order valence-corrected chi connectivity index (χ4v) is 1.52. The van der Waals surface area contributed by atoms with Gasteiger partial charge >= 0.3 is 0 Å². The SMILES string of the molecule is c1ccc2cccc-2cc1.c1ccccc1. The molecule has 0 unspecified atom stereocenters. The second-order valence-electron chi connectivity index (χ2n) is 3.50. The monoisotopic (exact) mass is 206 g/mol. The van der Waals surface area contributed by atoms with E-state index in [2.05, 4.69) is 42.5 Å². The summed E-state index contributed by atoms with van der Waals surface area (Å²) in [6.45, 7) is 0. The van der Waals surface area contributed by atoms with Crippen molar-refractivity contribution < 1.29 is 0 Å². The van der Waals surface area contributed by atoms with Gasteiger partial charge in [-0.25, -0.2) is 0 Å². The second kappa shape index (κ2) is 5.72. The minimum atomic E-state index is 1.31. The number of rotatable bonds is 0. The average Bonchev–Trinajstić information content (AvgIpc) is 2.69. The van der Waals surface area contributed by atoms with Gasteiger partial charge in [-0.3, -0.25) is 0 Å². The zero-order valence-corrected chi connectivity index (χ0v) is 9.08. The van der Waals surface area contributed by atoms with Gasteiger partial charge in [0.15, 0.2) is 0 Å². The van der Waals surface area contributed by atoms with E-state index in [0.717, 1.165) is 0 Å². The molecule has 16 heavy (non-hydrogen) atoms. The van der Waals surface area contributed by atoms with Gasteiger partial charge in [0.1, 0.15) is 0 Å². The van der Waals surface area contributed by atoms with E-state index in [0.29, 0.717) is 0 Å². The smallest absolute Gasteiger partial charge is 0.0184 e. The lowest BCUT2D eigenvalue weighted by Crippen LogP contribution is -1.59. The molecule has 78 valence electrons. The van der Waals surface area contributed by atoms with Crippen molar-refractivity contribution in [1.29, 1.82) is 0 Å². The predicted molar refractivity (Wildman–Crippen MR) is 69.5 cm³/mol. The molecule has 0 fully saturated rings. The molecule has 0 aromatic heterocycles. The molecule has 1 aromatic carbocycles. The molecule has 0 amide bonds. The molecular weight excluding hydrogens is 192 g/mol. The third-order valence-corrected chi connectivity index (χ3v) is 2.33. The van der Waals surface area contributed by atoms with Gasteiger partial charge in [0.2, 0.25) is 0 Å². The van der Waals surface area contributed by atoms with E-state index in [1.54, 1.807) is 0 Å². The molecule has 1 aromatic rings. The summed E-state index contributed by atoms with van der Waals surface area (Å²) >= 11 is 0. The van der Waals surface area contributed by atoms with Crippen molar-refractivity contribution in [3.05, 3.63) is 84.9 Å². The molecule has 0 aliphatic heterocycles. The molecule has 0 atom stereocenters. The van der Waals surface area contributed by atoms with Gasteiger partial charge in [-0.2, -0.15) is 0 Å². The summed E-state index contributed by atoms with van der Waals surface area (Å²) in [5, 5.41) is 0. The highest BCUT2D eigenvalue weighted by Gasteiger charge is 1.94. The van der Waals surface area contributed by atoms with Crippen LogP contribution in [0.4, 0.5) is 0 Å². The summed E-state index contributed by atoms with van der Waals surface area (Å²) in [4.78, 5) is 0. The van der Waals surface area contributed by atoms with Crippen LogP contribution in [0.3, 0.4) is 0 Å². The van der Waals surface area contributed by atoms with Crippen molar-refractivity contribution in [3.63, 3.8) is 0 Å². The predicted octanol–water partition coefficient (Wildman–Crippen LogP) is 4.48. The van der Waals surface area contributed by atoms with E-state index < -0.39 is 0 Å². The molecule has 0 saturated heterocycles. The van der Waals surface area contributed by atoms with Crippen molar-refractivity contribution in [2.24, 2.45) is 0 Å². The molecule has 0 bridgehead atoms. The van der Waals surface area contributed by atoms with Crippen molar-refractivity contribution in [2.75, 3.05) is 0 Å². The van der Waals surface area contributed by atoms with Crippen LogP contribution in [0.5, 0.6) is 0 Å². The summed E-state index contributed by atoms with van der Waals surface area (Å²) in [6.07, 6.45) is 0. The van der Waals surface area contributed by atoms with Gasteiger partial charge < -0.3 is 0 Å². The van der Waals surface area contributed by atoms with Crippen molar-refractivity contribution in [3.8, 4) is 11.1 Å². The minimum absolute atomic E-state index is 1.31. The van der Waals surface area contributed by atoms with E-state index >= 15 is 0 Å². The van der Waals surface area contributed by atoms with Crippen LogP contribution in [0.1, 0.15) is 0 Å². The molecule has 3 rings (SSSR count). The highest BCUT2D eigenvalue weighted by molar-refractivity contribution is 5.65. The van der Waals surface area contributed by atoms with Gasteiger partial charge in [0, 0.05) is 0 Å². The normalized spacial score (nSPS) is 9.25. The number of hydrogen-bond acceptors (Lipinski definition) is 0. The van der Waals surface area contributed by atoms with E-state index in [1.165, 1.54) is 11.1 Å². The van der Waals surface area contributed by atoms with Crippen LogP contribution in [0, 0.1) is 0 Å². The lowest BCUT2D eigenvalue weighted by Gasteiger charge is -1.85. The molecule has 2 aliphatic rings. The van der Waals surface area contributed by atoms with Crippen LogP contribution in [0.15, 0.2) is 84.9 Å². The van der Waals surface area contributed by atoms with Crippen LogP contribution in [0.2, 0.25) is 0 Å². The first-order chi connectivity index (χ1) is 7.97. The van der Waals surface area contributed by atoms with Crippen molar-refractivity contribution >= 4 is 0 Å². The first kappa shape index (κ1) is 10.4. The largest absolute Gasteiger partial charge is 0.0623 e. The van der Waals surface area contributed by atoms with Gasteiger partial charge in [-0.15, -0.1) is 0 Å². The summed E-state index contributed by atoms with van der Waals surface area (Å²) in [6, 6.07) is 28.7. The molecule has 0 N–H and O–H groups in total. The molecular formula is C16H14. The molecule has 0 heterocycles. The fourth-order valence-electron chi connectivity index (χ4n) is 1.52. The third kappa shape index (κ3) is 2.96. The van der Waals surface area contributed by atoms with Crippen molar-refractivity contribution in [1.82, 2.24) is 0 Å². The van der Waals surface area contributed by atoms with Crippen LogP contribution in [0.25, 0.3) is 11.1 Å². The van der Waals surface area contributed by atoms with E-state index in [-0.39, 0.29) is 0 Å². The summed E-state index contributed by atoms with van der Waals surface area (Å²) in [5.74, 6) is 0. The summed E-state index contributed by atoms with van der Waals surface area (Å²) in [7, 11) is 0. The van der Waals surface area contributed by atoms with E-state index in [4.69, 9.17) is 0 Å². The zero-order chi connectivity index (χ0) is 11.1. The maximum atomic E-state index is 2.12. The Labute approximate surface area is 96.5 Å². The van der Waals surface area contributed by atoms with Gasteiger partial charge in [-0.1, -0.05) is 84.9 Å². The molecule has 0 spiro atoms.